The maximum absolute atomic E-state index is 11.5. The van der Waals surface area contributed by atoms with E-state index in [9.17, 15) is 15.0 Å². The van der Waals surface area contributed by atoms with Crippen molar-refractivity contribution >= 4 is 12.4 Å². The number of fused-ring (bicyclic) bond motifs is 3. The van der Waals surface area contributed by atoms with Crippen molar-refractivity contribution in [2.75, 3.05) is 0 Å². The summed E-state index contributed by atoms with van der Waals surface area (Å²) in [5.41, 5.74) is 7.25. The van der Waals surface area contributed by atoms with Gasteiger partial charge < -0.3 is 10.2 Å². The first-order chi connectivity index (χ1) is 18.8. The first kappa shape index (κ1) is 28.8. The topological polar surface area (TPSA) is 57.5 Å². The molecule has 0 spiro atoms. The van der Waals surface area contributed by atoms with Crippen LogP contribution in [0.25, 0.3) is 6.08 Å². The van der Waals surface area contributed by atoms with Crippen LogP contribution >= 0.6 is 0 Å². The molecule has 0 heterocycles. The number of rotatable bonds is 10. The molecular weight excluding hydrogens is 480 g/mol. The minimum atomic E-state index is -0.242. The monoisotopic (exact) mass is 524 g/mol. The van der Waals surface area contributed by atoms with Crippen LogP contribution < -0.4 is 0 Å². The summed E-state index contributed by atoms with van der Waals surface area (Å²) < 4.78 is 0. The molecule has 206 valence electrons. The highest BCUT2D eigenvalue weighted by molar-refractivity contribution is 5.69. The molecule has 5 unspecified atom stereocenters. The number of aliphatic hydroxyl groups is 2. The summed E-state index contributed by atoms with van der Waals surface area (Å²) >= 11 is 0. The van der Waals surface area contributed by atoms with E-state index in [0.29, 0.717) is 17.4 Å². The molecule has 0 radical (unpaired) electrons. The smallest absolute Gasteiger partial charge is 0.143 e. The SMILES string of the molecule is C=C/C=C(\C=C/C/C=C/c1ccc(C2CC3(C)C(O)CCC3C3CC/C(=C/C=O)C(CCC)=C23)cc1)C(=C)O. The summed E-state index contributed by atoms with van der Waals surface area (Å²) in [6.45, 7) is 11.8. The minimum absolute atomic E-state index is 0.0323. The van der Waals surface area contributed by atoms with Crippen molar-refractivity contribution in [3.63, 3.8) is 0 Å². The van der Waals surface area contributed by atoms with Gasteiger partial charge in [0.25, 0.3) is 0 Å². The van der Waals surface area contributed by atoms with Crippen LogP contribution in [0, 0.1) is 17.3 Å². The Labute approximate surface area is 234 Å². The van der Waals surface area contributed by atoms with E-state index in [1.165, 1.54) is 16.7 Å². The summed E-state index contributed by atoms with van der Waals surface area (Å²) in [5, 5.41) is 20.7. The summed E-state index contributed by atoms with van der Waals surface area (Å²) in [6.07, 6.45) is 21.8. The Hall–Kier alpha value is -3.17. The first-order valence-corrected chi connectivity index (χ1v) is 14.5. The molecule has 0 saturated heterocycles. The van der Waals surface area contributed by atoms with Gasteiger partial charge in [0.05, 0.1) is 6.10 Å². The van der Waals surface area contributed by atoms with Gasteiger partial charge in [-0.3, -0.25) is 4.79 Å². The molecule has 4 rings (SSSR count). The summed E-state index contributed by atoms with van der Waals surface area (Å²) in [6, 6.07) is 8.90. The summed E-state index contributed by atoms with van der Waals surface area (Å²) in [5.74, 6) is 1.30. The third-order valence-electron chi connectivity index (χ3n) is 9.34. The molecule has 1 aromatic carbocycles. The molecular formula is C36H44O3. The third kappa shape index (κ3) is 6.04. The molecule has 39 heavy (non-hydrogen) atoms. The van der Waals surface area contributed by atoms with Crippen molar-refractivity contribution in [2.45, 2.75) is 77.2 Å². The molecule has 5 atom stereocenters. The van der Waals surface area contributed by atoms with Crippen molar-refractivity contribution in [3.05, 3.63) is 113 Å². The Morgan fingerprint density at radius 1 is 1.15 bits per heavy atom. The maximum atomic E-state index is 11.5. The highest BCUT2D eigenvalue weighted by Gasteiger charge is 2.56. The molecule has 2 saturated carbocycles. The van der Waals surface area contributed by atoms with Gasteiger partial charge in [-0.25, -0.2) is 0 Å². The predicted molar refractivity (Wildman–Crippen MR) is 162 cm³/mol. The van der Waals surface area contributed by atoms with Crippen molar-refractivity contribution < 1.29 is 15.0 Å². The van der Waals surface area contributed by atoms with Gasteiger partial charge >= 0.3 is 0 Å². The zero-order valence-electron chi connectivity index (χ0n) is 23.6. The Bertz CT molecular complexity index is 1220. The second kappa shape index (κ2) is 12.8. The fourth-order valence-corrected chi connectivity index (χ4v) is 7.47. The summed E-state index contributed by atoms with van der Waals surface area (Å²) in [7, 11) is 0. The predicted octanol–water partition coefficient (Wildman–Crippen LogP) is 8.73. The largest absolute Gasteiger partial charge is 0.508 e. The second-order valence-electron chi connectivity index (χ2n) is 11.6. The normalized spacial score (nSPS) is 30.1. The van der Waals surface area contributed by atoms with Crippen LogP contribution in [0.1, 0.15) is 82.3 Å². The molecule has 1 aromatic rings. The lowest BCUT2D eigenvalue weighted by atomic mass is 9.53. The van der Waals surface area contributed by atoms with Gasteiger partial charge in [0.2, 0.25) is 0 Å². The molecule has 0 bridgehead atoms. The standard InChI is InChI=1S/C36H44O3/c1-5-10-27(25(3)38)13-9-7-8-12-26-14-16-28(17-15-26)32-24-36(4)33(20-21-34(36)39)31-19-18-29(22-23-37)30(11-6-2)35(31)32/h5,8-10,12-17,22-23,31-34,38-39H,1,3,6-7,11,18-21,24H2,2,4H3/b12-8+,13-9-,27-10+,29-22-. The van der Waals surface area contributed by atoms with Crippen LogP contribution in [0.4, 0.5) is 0 Å². The average Bonchev–Trinajstić information content (AvgIpc) is 3.23. The van der Waals surface area contributed by atoms with Crippen LogP contribution in [0.2, 0.25) is 0 Å². The number of carbonyl (C=O) groups excluding carboxylic acids is 1. The lowest BCUT2D eigenvalue weighted by molar-refractivity contribution is -0.104. The van der Waals surface area contributed by atoms with Gasteiger partial charge in [-0.05, 0) is 90.5 Å². The van der Waals surface area contributed by atoms with Gasteiger partial charge in [0, 0.05) is 11.5 Å². The first-order valence-electron chi connectivity index (χ1n) is 14.5. The van der Waals surface area contributed by atoms with E-state index in [1.807, 2.05) is 12.2 Å². The zero-order chi connectivity index (χ0) is 28.0. The average molecular weight is 525 g/mol. The van der Waals surface area contributed by atoms with E-state index in [0.717, 1.165) is 63.2 Å². The molecule has 0 aromatic heterocycles. The number of hydrogen-bond donors (Lipinski definition) is 2. The number of benzene rings is 1. The van der Waals surface area contributed by atoms with Crippen LogP contribution in [-0.2, 0) is 4.79 Å². The minimum Gasteiger partial charge on any atom is -0.508 e. The van der Waals surface area contributed by atoms with E-state index in [-0.39, 0.29) is 23.2 Å². The second-order valence-corrected chi connectivity index (χ2v) is 11.6. The molecule has 3 nitrogen and oxygen atoms in total. The molecule has 0 aliphatic heterocycles. The third-order valence-corrected chi connectivity index (χ3v) is 9.34. The quantitative estimate of drug-likeness (QED) is 0.139. The zero-order valence-corrected chi connectivity index (χ0v) is 23.6. The van der Waals surface area contributed by atoms with E-state index in [2.05, 4.69) is 63.4 Å². The number of aliphatic hydroxyl groups excluding tert-OH is 2. The van der Waals surface area contributed by atoms with E-state index in [4.69, 9.17) is 0 Å². The molecule has 3 heteroatoms. The number of carbonyl (C=O) groups is 1. The van der Waals surface area contributed by atoms with E-state index < -0.39 is 0 Å². The fraction of sp³-hybridized carbons (Fsp3) is 0.417. The Morgan fingerprint density at radius 2 is 1.92 bits per heavy atom. The van der Waals surface area contributed by atoms with Crippen molar-refractivity contribution in [1.29, 1.82) is 0 Å². The molecule has 2 fully saturated rings. The number of hydrogen-bond acceptors (Lipinski definition) is 3. The van der Waals surface area contributed by atoms with Gasteiger partial charge in [0.15, 0.2) is 0 Å². The Balaban J connectivity index is 1.62. The van der Waals surface area contributed by atoms with Crippen molar-refractivity contribution in [3.8, 4) is 0 Å². The van der Waals surface area contributed by atoms with Crippen LogP contribution in [0.15, 0.2) is 102 Å². The highest BCUT2D eigenvalue weighted by atomic mass is 16.3. The molecule has 3 aliphatic carbocycles. The lowest BCUT2D eigenvalue weighted by Gasteiger charge is -2.51. The molecule has 2 N–H and O–H groups in total. The molecule has 0 amide bonds. The Kier molecular flexibility index (Phi) is 9.45. The highest BCUT2D eigenvalue weighted by Crippen LogP contribution is 2.63. The van der Waals surface area contributed by atoms with Gasteiger partial charge in [0.1, 0.15) is 12.0 Å². The number of aldehydes is 1. The van der Waals surface area contributed by atoms with Gasteiger partial charge in [-0.1, -0.05) is 99.7 Å². The van der Waals surface area contributed by atoms with Crippen LogP contribution in [0.5, 0.6) is 0 Å². The van der Waals surface area contributed by atoms with Gasteiger partial charge in [-0.2, -0.15) is 0 Å². The summed E-state index contributed by atoms with van der Waals surface area (Å²) in [4.78, 5) is 11.5. The lowest BCUT2D eigenvalue weighted by Crippen LogP contribution is -2.44. The van der Waals surface area contributed by atoms with Crippen molar-refractivity contribution in [2.24, 2.45) is 17.3 Å². The van der Waals surface area contributed by atoms with E-state index in [1.54, 1.807) is 23.8 Å². The van der Waals surface area contributed by atoms with Crippen LogP contribution in [-0.4, -0.2) is 22.6 Å². The van der Waals surface area contributed by atoms with E-state index >= 15 is 0 Å². The Morgan fingerprint density at radius 3 is 2.59 bits per heavy atom. The van der Waals surface area contributed by atoms with Crippen molar-refractivity contribution in [1.82, 2.24) is 0 Å². The molecule has 3 aliphatic rings. The van der Waals surface area contributed by atoms with Crippen LogP contribution in [0.3, 0.4) is 0 Å². The maximum Gasteiger partial charge on any atom is 0.143 e. The number of allylic oxidation sites excluding steroid dienone is 9. The van der Waals surface area contributed by atoms with Gasteiger partial charge in [-0.15, -0.1) is 0 Å². The fourth-order valence-electron chi connectivity index (χ4n) is 7.47.